The monoisotopic (exact) mass is 296 g/mol. The van der Waals surface area contributed by atoms with Crippen LogP contribution in [-0.2, 0) is 6.42 Å². The van der Waals surface area contributed by atoms with Gasteiger partial charge < -0.3 is 5.32 Å². The zero-order valence-electron chi connectivity index (χ0n) is 14.4. The molecular weight excluding hydrogens is 268 g/mol. The SMILES string of the molecule is CCCNCCCc1ncc(-c2cc(C)ccc2C)cc1C. The third-order valence-corrected chi connectivity index (χ3v) is 4.08. The molecule has 0 aliphatic rings. The number of rotatable bonds is 7. The molecule has 2 rings (SSSR count). The minimum atomic E-state index is 1.05. The fourth-order valence-corrected chi connectivity index (χ4v) is 2.74. The van der Waals surface area contributed by atoms with Crippen LogP contribution >= 0.6 is 0 Å². The molecular formula is C20H28N2. The summed E-state index contributed by atoms with van der Waals surface area (Å²) in [7, 11) is 0. The minimum absolute atomic E-state index is 1.05. The Kier molecular flexibility index (Phi) is 6.14. The molecule has 0 bridgehead atoms. The highest BCUT2D eigenvalue weighted by atomic mass is 14.8. The molecule has 0 radical (unpaired) electrons. The van der Waals surface area contributed by atoms with Crippen molar-refractivity contribution in [2.24, 2.45) is 0 Å². The van der Waals surface area contributed by atoms with Crippen molar-refractivity contribution in [1.82, 2.24) is 10.3 Å². The third kappa shape index (κ3) is 4.41. The van der Waals surface area contributed by atoms with E-state index in [2.05, 4.69) is 57.3 Å². The lowest BCUT2D eigenvalue weighted by Gasteiger charge is -2.11. The Labute approximate surface area is 135 Å². The van der Waals surface area contributed by atoms with Crippen molar-refractivity contribution in [2.75, 3.05) is 13.1 Å². The molecule has 0 unspecified atom stereocenters. The second-order valence-corrected chi connectivity index (χ2v) is 6.16. The van der Waals surface area contributed by atoms with Crippen LogP contribution < -0.4 is 5.32 Å². The van der Waals surface area contributed by atoms with E-state index in [1.54, 1.807) is 0 Å². The topological polar surface area (TPSA) is 24.9 Å². The van der Waals surface area contributed by atoms with E-state index in [4.69, 9.17) is 4.98 Å². The largest absolute Gasteiger partial charge is 0.317 e. The maximum Gasteiger partial charge on any atom is 0.0433 e. The summed E-state index contributed by atoms with van der Waals surface area (Å²) in [5.41, 5.74) is 7.66. The normalized spacial score (nSPS) is 10.9. The van der Waals surface area contributed by atoms with E-state index in [1.165, 1.54) is 39.9 Å². The first-order valence-corrected chi connectivity index (χ1v) is 8.35. The minimum Gasteiger partial charge on any atom is -0.317 e. The van der Waals surface area contributed by atoms with Gasteiger partial charge in [0.25, 0.3) is 0 Å². The number of hydrogen-bond acceptors (Lipinski definition) is 2. The Hall–Kier alpha value is -1.67. The van der Waals surface area contributed by atoms with E-state index >= 15 is 0 Å². The van der Waals surface area contributed by atoms with E-state index < -0.39 is 0 Å². The molecule has 0 saturated carbocycles. The fraction of sp³-hybridized carbons (Fsp3) is 0.450. The van der Waals surface area contributed by atoms with Crippen molar-refractivity contribution < 1.29 is 0 Å². The molecule has 1 aromatic carbocycles. The van der Waals surface area contributed by atoms with Gasteiger partial charge in [0.15, 0.2) is 0 Å². The highest BCUT2D eigenvalue weighted by Gasteiger charge is 2.06. The van der Waals surface area contributed by atoms with Gasteiger partial charge in [-0.1, -0.05) is 30.7 Å². The molecule has 2 heteroatoms. The molecule has 22 heavy (non-hydrogen) atoms. The van der Waals surface area contributed by atoms with Gasteiger partial charge in [-0.2, -0.15) is 0 Å². The molecule has 0 fully saturated rings. The molecule has 1 aromatic heterocycles. The summed E-state index contributed by atoms with van der Waals surface area (Å²) in [6.07, 6.45) is 5.43. The predicted molar refractivity (Wildman–Crippen MR) is 95.4 cm³/mol. The van der Waals surface area contributed by atoms with Gasteiger partial charge in [-0.25, -0.2) is 0 Å². The lowest BCUT2D eigenvalue weighted by Crippen LogP contribution is -2.16. The summed E-state index contributed by atoms with van der Waals surface area (Å²) in [6, 6.07) is 8.88. The average molecular weight is 296 g/mol. The number of aromatic nitrogens is 1. The second kappa shape index (κ2) is 8.09. The van der Waals surface area contributed by atoms with Gasteiger partial charge in [0.2, 0.25) is 0 Å². The van der Waals surface area contributed by atoms with Crippen LogP contribution in [0.3, 0.4) is 0 Å². The van der Waals surface area contributed by atoms with Gasteiger partial charge in [0.1, 0.15) is 0 Å². The van der Waals surface area contributed by atoms with Crippen LogP contribution in [-0.4, -0.2) is 18.1 Å². The van der Waals surface area contributed by atoms with Crippen molar-refractivity contribution in [3.05, 3.63) is 52.8 Å². The summed E-state index contributed by atoms with van der Waals surface area (Å²) in [4.78, 5) is 4.72. The number of nitrogens with one attached hydrogen (secondary N) is 1. The van der Waals surface area contributed by atoms with Crippen molar-refractivity contribution in [1.29, 1.82) is 0 Å². The van der Waals surface area contributed by atoms with Gasteiger partial charge in [0, 0.05) is 17.5 Å². The van der Waals surface area contributed by atoms with Gasteiger partial charge in [-0.15, -0.1) is 0 Å². The standard InChI is InChI=1S/C20H28N2/c1-5-10-21-11-6-7-20-17(4)13-18(14-22-20)19-12-15(2)8-9-16(19)3/h8-9,12-14,21H,5-7,10-11H2,1-4H3. The number of nitrogens with zero attached hydrogens (tertiary/aromatic N) is 1. The number of benzene rings is 1. The van der Waals surface area contributed by atoms with Crippen LogP contribution in [0.25, 0.3) is 11.1 Å². The molecule has 0 aliphatic heterocycles. The molecule has 0 amide bonds. The molecule has 2 nitrogen and oxygen atoms in total. The summed E-state index contributed by atoms with van der Waals surface area (Å²) in [5.74, 6) is 0. The van der Waals surface area contributed by atoms with Crippen LogP contribution in [0.15, 0.2) is 30.5 Å². The van der Waals surface area contributed by atoms with E-state index in [9.17, 15) is 0 Å². The first kappa shape index (κ1) is 16.7. The van der Waals surface area contributed by atoms with Crippen molar-refractivity contribution in [3.63, 3.8) is 0 Å². The molecule has 0 atom stereocenters. The maximum absolute atomic E-state index is 4.72. The van der Waals surface area contributed by atoms with Gasteiger partial charge >= 0.3 is 0 Å². The first-order chi connectivity index (χ1) is 10.6. The molecule has 2 aromatic rings. The van der Waals surface area contributed by atoms with Crippen molar-refractivity contribution in [3.8, 4) is 11.1 Å². The van der Waals surface area contributed by atoms with Crippen LogP contribution in [0, 0.1) is 20.8 Å². The van der Waals surface area contributed by atoms with Gasteiger partial charge in [0.05, 0.1) is 0 Å². The molecule has 0 aliphatic carbocycles. The molecule has 1 N–H and O–H groups in total. The average Bonchev–Trinajstić information content (AvgIpc) is 2.51. The van der Waals surface area contributed by atoms with E-state index in [1.807, 2.05) is 6.20 Å². The zero-order valence-corrected chi connectivity index (χ0v) is 14.4. The number of aryl methyl sites for hydroxylation is 4. The van der Waals surface area contributed by atoms with E-state index in [0.29, 0.717) is 0 Å². The Morgan fingerprint density at radius 1 is 1.00 bits per heavy atom. The summed E-state index contributed by atoms with van der Waals surface area (Å²) < 4.78 is 0. The van der Waals surface area contributed by atoms with E-state index in [-0.39, 0.29) is 0 Å². The Bertz CT molecular complexity index is 617. The van der Waals surface area contributed by atoms with E-state index in [0.717, 1.165) is 25.9 Å². The predicted octanol–water partition coefficient (Wildman–Crippen LogP) is 4.61. The molecule has 118 valence electrons. The fourth-order valence-electron chi connectivity index (χ4n) is 2.74. The second-order valence-electron chi connectivity index (χ2n) is 6.16. The maximum atomic E-state index is 4.72. The molecule has 1 heterocycles. The molecule has 0 spiro atoms. The number of hydrogen-bond donors (Lipinski definition) is 1. The van der Waals surface area contributed by atoms with Gasteiger partial charge in [-0.05, 0) is 75.9 Å². The van der Waals surface area contributed by atoms with Crippen LogP contribution in [0.5, 0.6) is 0 Å². The highest BCUT2D eigenvalue weighted by molar-refractivity contribution is 5.67. The van der Waals surface area contributed by atoms with Crippen LogP contribution in [0.1, 0.15) is 42.1 Å². The van der Waals surface area contributed by atoms with Crippen LogP contribution in [0.4, 0.5) is 0 Å². The summed E-state index contributed by atoms with van der Waals surface area (Å²) >= 11 is 0. The highest BCUT2D eigenvalue weighted by Crippen LogP contribution is 2.25. The quantitative estimate of drug-likeness (QED) is 0.755. The lowest BCUT2D eigenvalue weighted by atomic mass is 9.98. The van der Waals surface area contributed by atoms with Crippen molar-refractivity contribution >= 4 is 0 Å². The lowest BCUT2D eigenvalue weighted by molar-refractivity contribution is 0.635. The summed E-state index contributed by atoms with van der Waals surface area (Å²) in [6.45, 7) is 10.9. The van der Waals surface area contributed by atoms with Crippen LogP contribution in [0.2, 0.25) is 0 Å². The third-order valence-electron chi connectivity index (χ3n) is 4.08. The summed E-state index contributed by atoms with van der Waals surface area (Å²) in [5, 5.41) is 3.45. The smallest absolute Gasteiger partial charge is 0.0433 e. The van der Waals surface area contributed by atoms with Gasteiger partial charge in [-0.3, -0.25) is 4.98 Å². The zero-order chi connectivity index (χ0) is 15.9. The molecule has 0 saturated heterocycles. The Morgan fingerprint density at radius 2 is 1.82 bits per heavy atom. The number of pyridine rings is 1. The Morgan fingerprint density at radius 3 is 2.55 bits per heavy atom. The first-order valence-electron chi connectivity index (χ1n) is 8.35. The Balaban J connectivity index is 2.07. The van der Waals surface area contributed by atoms with Crippen molar-refractivity contribution in [2.45, 2.75) is 47.0 Å².